The van der Waals surface area contributed by atoms with Crippen LogP contribution in [-0.2, 0) is 0 Å². The van der Waals surface area contributed by atoms with E-state index in [1.54, 1.807) is 0 Å². The summed E-state index contributed by atoms with van der Waals surface area (Å²) in [5.41, 5.74) is 1.06. The second kappa shape index (κ2) is 6.31. The summed E-state index contributed by atoms with van der Waals surface area (Å²) in [5.74, 6) is 1.06. The van der Waals surface area contributed by atoms with Gasteiger partial charge in [0.1, 0.15) is 5.82 Å². The van der Waals surface area contributed by atoms with Gasteiger partial charge >= 0.3 is 0 Å². The molecule has 21 heavy (non-hydrogen) atoms. The number of nitrogens with zero attached hydrogens (tertiary/aromatic N) is 2. The zero-order valence-corrected chi connectivity index (χ0v) is 12.5. The third-order valence-electron chi connectivity index (χ3n) is 4.40. The molecular weight excluding hydrogens is 262 g/mol. The van der Waals surface area contributed by atoms with Crippen LogP contribution in [0.15, 0.2) is 30.5 Å². The maximum Gasteiger partial charge on any atom is 0.136 e. The van der Waals surface area contributed by atoms with Crippen LogP contribution in [0.2, 0.25) is 0 Å². The number of pyridine rings is 1. The van der Waals surface area contributed by atoms with Crippen molar-refractivity contribution in [3.05, 3.63) is 30.5 Å². The van der Waals surface area contributed by atoms with Crippen molar-refractivity contribution in [2.24, 2.45) is 0 Å². The van der Waals surface area contributed by atoms with Crippen LogP contribution in [0.1, 0.15) is 25.7 Å². The van der Waals surface area contributed by atoms with Crippen molar-refractivity contribution < 1.29 is 5.11 Å². The van der Waals surface area contributed by atoms with Crippen molar-refractivity contribution in [3.8, 4) is 0 Å². The van der Waals surface area contributed by atoms with Gasteiger partial charge in [-0.2, -0.15) is 0 Å². The Balaban J connectivity index is 2.06. The summed E-state index contributed by atoms with van der Waals surface area (Å²) < 4.78 is 0. The van der Waals surface area contributed by atoms with Gasteiger partial charge in [-0.3, -0.25) is 0 Å². The molecule has 0 saturated carbocycles. The van der Waals surface area contributed by atoms with Gasteiger partial charge < -0.3 is 15.3 Å². The molecule has 1 saturated heterocycles. The fourth-order valence-corrected chi connectivity index (χ4v) is 3.33. The van der Waals surface area contributed by atoms with Gasteiger partial charge in [0, 0.05) is 37.0 Å². The van der Waals surface area contributed by atoms with Crippen molar-refractivity contribution >= 4 is 22.3 Å². The van der Waals surface area contributed by atoms with Gasteiger partial charge in [0.25, 0.3) is 0 Å². The van der Waals surface area contributed by atoms with Crippen LogP contribution < -0.4 is 10.2 Å². The number of aromatic nitrogens is 1. The third-order valence-corrected chi connectivity index (χ3v) is 4.40. The average molecular weight is 285 g/mol. The Labute approximate surface area is 125 Å². The summed E-state index contributed by atoms with van der Waals surface area (Å²) in [6.07, 6.45) is 6.33. The molecule has 0 amide bonds. The van der Waals surface area contributed by atoms with Gasteiger partial charge in [-0.15, -0.1) is 0 Å². The van der Waals surface area contributed by atoms with E-state index in [2.05, 4.69) is 34.5 Å². The van der Waals surface area contributed by atoms with E-state index in [9.17, 15) is 5.11 Å². The molecule has 0 spiro atoms. The van der Waals surface area contributed by atoms with E-state index in [0.29, 0.717) is 6.04 Å². The van der Waals surface area contributed by atoms with E-state index in [1.807, 2.05) is 13.2 Å². The maximum absolute atomic E-state index is 9.32. The molecule has 1 aliphatic rings. The van der Waals surface area contributed by atoms with Gasteiger partial charge in [0.2, 0.25) is 0 Å². The Morgan fingerprint density at radius 3 is 2.86 bits per heavy atom. The van der Waals surface area contributed by atoms with Crippen molar-refractivity contribution in [1.82, 2.24) is 4.98 Å². The molecule has 1 unspecified atom stereocenters. The minimum Gasteiger partial charge on any atom is -0.396 e. The normalized spacial score (nSPS) is 19.0. The number of nitrogens with one attached hydrogen (secondary N) is 1. The molecule has 112 valence electrons. The van der Waals surface area contributed by atoms with Gasteiger partial charge in [-0.05, 0) is 25.7 Å². The highest BCUT2D eigenvalue weighted by atomic mass is 16.3. The van der Waals surface area contributed by atoms with Crippen LogP contribution in [0.4, 0.5) is 11.5 Å². The summed E-state index contributed by atoms with van der Waals surface area (Å²) in [7, 11) is 1.93. The second-order valence-corrected chi connectivity index (χ2v) is 5.65. The standard InChI is InChI=1S/C17H23N3O/c1-18-16-12-19-17(15-8-3-2-7-14(15)16)20-10-5-4-6-13(20)9-11-21/h2-3,7-8,12-13,18,21H,4-6,9-11H2,1H3. The van der Waals surface area contributed by atoms with Gasteiger partial charge in [-0.25, -0.2) is 4.98 Å². The first kappa shape index (κ1) is 14.1. The number of hydrogen-bond donors (Lipinski definition) is 2. The average Bonchev–Trinajstić information content (AvgIpc) is 2.55. The summed E-state index contributed by atoms with van der Waals surface area (Å²) in [5, 5.41) is 14.9. The lowest BCUT2D eigenvalue weighted by molar-refractivity contribution is 0.262. The number of benzene rings is 1. The summed E-state index contributed by atoms with van der Waals surface area (Å²) in [6.45, 7) is 1.27. The molecule has 4 heteroatoms. The smallest absolute Gasteiger partial charge is 0.136 e. The fourth-order valence-electron chi connectivity index (χ4n) is 3.33. The van der Waals surface area contributed by atoms with E-state index < -0.39 is 0 Å². The highest BCUT2D eigenvalue weighted by Crippen LogP contribution is 2.33. The zero-order chi connectivity index (χ0) is 14.7. The van der Waals surface area contributed by atoms with Crippen LogP contribution in [0.25, 0.3) is 10.8 Å². The van der Waals surface area contributed by atoms with E-state index >= 15 is 0 Å². The number of aliphatic hydroxyl groups is 1. The topological polar surface area (TPSA) is 48.4 Å². The minimum absolute atomic E-state index is 0.244. The lowest BCUT2D eigenvalue weighted by Gasteiger charge is -2.37. The molecule has 1 fully saturated rings. The zero-order valence-electron chi connectivity index (χ0n) is 12.5. The number of fused-ring (bicyclic) bond motifs is 1. The summed E-state index contributed by atoms with van der Waals surface area (Å²) in [6, 6.07) is 8.81. The number of piperidine rings is 1. The lowest BCUT2D eigenvalue weighted by Crippen LogP contribution is -2.40. The summed E-state index contributed by atoms with van der Waals surface area (Å²) >= 11 is 0. The van der Waals surface area contributed by atoms with Crippen LogP contribution in [0, 0.1) is 0 Å². The van der Waals surface area contributed by atoms with Crippen molar-refractivity contribution in [2.45, 2.75) is 31.7 Å². The molecule has 3 rings (SSSR count). The van der Waals surface area contributed by atoms with Gasteiger partial charge in [0.05, 0.1) is 11.9 Å². The van der Waals surface area contributed by atoms with E-state index in [0.717, 1.165) is 30.9 Å². The minimum atomic E-state index is 0.244. The first-order valence-corrected chi connectivity index (χ1v) is 7.78. The van der Waals surface area contributed by atoms with Crippen LogP contribution >= 0.6 is 0 Å². The molecule has 1 aliphatic heterocycles. The Morgan fingerprint density at radius 2 is 2.10 bits per heavy atom. The molecule has 2 heterocycles. The summed E-state index contributed by atoms with van der Waals surface area (Å²) in [4.78, 5) is 7.11. The van der Waals surface area contributed by atoms with Crippen molar-refractivity contribution in [1.29, 1.82) is 0 Å². The number of anilines is 2. The maximum atomic E-state index is 9.32. The van der Waals surface area contributed by atoms with E-state index in [-0.39, 0.29) is 6.61 Å². The SMILES string of the molecule is CNc1cnc(N2CCCCC2CCO)c2ccccc12. The van der Waals surface area contributed by atoms with Gasteiger partial charge in [-0.1, -0.05) is 24.3 Å². The Bertz CT molecular complexity index is 612. The van der Waals surface area contributed by atoms with Crippen LogP contribution in [-0.4, -0.2) is 36.3 Å². The molecule has 1 atom stereocenters. The fraction of sp³-hybridized carbons (Fsp3) is 0.471. The quantitative estimate of drug-likeness (QED) is 0.906. The predicted octanol–water partition coefficient (Wildman–Crippen LogP) is 3.02. The molecular formula is C17H23N3O. The molecule has 0 aliphatic carbocycles. The second-order valence-electron chi connectivity index (χ2n) is 5.65. The largest absolute Gasteiger partial charge is 0.396 e. The molecule has 2 N–H and O–H groups in total. The Kier molecular flexibility index (Phi) is 4.25. The molecule has 1 aromatic carbocycles. The number of aliphatic hydroxyl groups excluding tert-OH is 1. The molecule has 1 aromatic heterocycles. The molecule has 0 bridgehead atoms. The number of rotatable bonds is 4. The molecule has 0 radical (unpaired) electrons. The Hall–Kier alpha value is -1.81. The third kappa shape index (κ3) is 2.68. The monoisotopic (exact) mass is 285 g/mol. The van der Waals surface area contributed by atoms with Crippen LogP contribution in [0.5, 0.6) is 0 Å². The highest BCUT2D eigenvalue weighted by Gasteiger charge is 2.24. The van der Waals surface area contributed by atoms with E-state index in [1.165, 1.54) is 23.6 Å². The van der Waals surface area contributed by atoms with Crippen molar-refractivity contribution in [3.63, 3.8) is 0 Å². The predicted molar refractivity (Wildman–Crippen MR) is 88.0 cm³/mol. The van der Waals surface area contributed by atoms with E-state index in [4.69, 9.17) is 4.98 Å². The number of hydrogen-bond acceptors (Lipinski definition) is 4. The van der Waals surface area contributed by atoms with Crippen molar-refractivity contribution in [2.75, 3.05) is 30.4 Å². The van der Waals surface area contributed by atoms with Gasteiger partial charge in [0.15, 0.2) is 0 Å². The first-order chi connectivity index (χ1) is 10.3. The molecule has 2 aromatic rings. The highest BCUT2D eigenvalue weighted by molar-refractivity contribution is 6.00. The lowest BCUT2D eigenvalue weighted by atomic mass is 9.98. The molecule has 4 nitrogen and oxygen atoms in total. The Morgan fingerprint density at radius 1 is 1.29 bits per heavy atom. The van der Waals surface area contributed by atoms with Crippen LogP contribution in [0.3, 0.4) is 0 Å². The first-order valence-electron chi connectivity index (χ1n) is 7.78.